The van der Waals surface area contributed by atoms with E-state index in [1.807, 2.05) is 6.07 Å². The first-order chi connectivity index (χ1) is 9.13. The maximum absolute atomic E-state index is 12.3. The molecule has 0 saturated heterocycles. The zero-order valence-electron chi connectivity index (χ0n) is 10.8. The van der Waals surface area contributed by atoms with Crippen molar-refractivity contribution in [3.8, 4) is 5.75 Å². The molecule has 2 N–H and O–H groups in total. The molecular formula is C14H15N3O2. The number of nitrogens with zero attached hydrogens (tertiary/aromatic N) is 2. The quantitative estimate of drug-likeness (QED) is 0.853. The summed E-state index contributed by atoms with van der Waals surface area (Å²) in [6.45, 7) is 0. The molecule has 0 radical (unpaired) electrons. The lowest BCUT2D eigenvalue weighted by atomic mass is 10.1. The number of nitrogens with two attached hydrogens (primary N) is 1. The van der Waals surface area contributed by atoms with Gasteiger partial charge >= 0.3 is 0 Å². The first-order valence-corrected chi connectivity index (χ1v) is 5.75. The molecule has 98 valence electrons. The van der Waals surface area contributed by atoms with Gasteiger partial charge < -0.3 is 15.4 Å². The number of pyridine rings is 1. The first-order valence-electron chi connectivity index (χ1n) is 5.75. The fraction of sp³-hybridized carbons (Fsp3) is 0.143. The van der Waals surface area contributed by atoms with Gasteiger partial charge in [0.15, 0.2) is 0 Å². The van der Waals surface area contributed by atoms with Gasteiger partial charge in [-0.15, -0.1) is 0 Å². The molecule has 0 saturated carbocycles. The van der Waals surface area contributed by atoms with Crippen molar-refractivity contribution in [1.29, 1.82) is 0 Å². The summed E-state index contributed by atoms with van der Waals surface area (Å²) in [5, 5.41) is 0. The van der Waals surface area contributed by atoms with E-state index in [9.17, 15) is 4.79 Å². The van der Waals surface area contributed by atoms with Crippen molar-refractivity contribution in [2.45, 2.75) is 0 Å². The van der Waals surface area contributed by atoms with Crippen LogP contribution in [0.5, 0.6) is 5.75 Å². The van der Waals surface area contributed by atoms with Crippen molar-refractivity contribution in [3.63, 3.8) is 0 Å². The van der Waals surface area contributed by atoms with E-state index in [0.29, 0.717) is 17.0 Å². The fourth-order valence-electron chi connectivity index (χ4n) is 1.71. The Hall–Kier alpha value is -2.56. The lowest BCUT2D eigenvalue weighted by Crippen LogP contribution is -2.26. The monoisotopic (exact) mass is 257 g/mol. The molecule has 0 atom stereocenters. The van der Waals surface area contributed by atoms with Crippen molar-refractivity contribution >= 4 is 17.3 Å². The number of rotatable bonds is 3. The minimum absolute atomic E-state index is 0.147. The molecule has 1 aromatic heterocycles. The molecule has 19 heavy (non-hydrogen) atoms. The van der Waals surface area contributed by atoms with Crippen LogP contribution in [-0.4, -0.2) is 25.0 Å². The number of anilines is 2. The SMILES string of the molecule is COc1cc(C(=O)N(C)c2cccnc2)ccc1N. The summed E-state index contributed by atoms with van der Waals surface area (Å²) >= 11 is 0. The van der Waals surface area contributed by atoms with Crippen LogP contribution in [0.4, 0.5) is 11.4 Å². The highest BCUT2D eigenvalue weighted by atomic mass is 16.5. The predicted octanol–water partition coefficient (Wildman–Crippen LogP) is 1.95. The van der Waals surface area contributed by atoms with E-state index >= 15 is 0 Å². The van der Waals surface area contributed by atoms with Gasteiger partial charge in [-0.1, -0.05) is 0 Å². The third kappa shape index (κ3) is 2.65. The Balaban J connectivity index is 2.29. The van der Waals surface area contributed by atoms with Gasteiger partial charge in [-0.25, -0.2) is 0 Å². The van der Waals surface area contributed by atoms with Crippen LogP contribution in [0, 0.1) is 0 Å². The molecule has 1 aromatic carbocycles. The lowest BCUT2D eigenvalue weighted by molar-refractivity contribution is 0.0992. The van der Waals surface area contributed by atoms with Crippen molar-refractivity contribution in [1.82, 2.24) is 4.98 Å². The number of methoxy groups -OCH3 is 1. The van der Waals surface area contributed by atoms with E-state index in [-0.39, 0.29) is 5.91 Å². The van der Waals surface area contributed by atoms with Gasteiger partial charge in [-0.2, -0.15) is 0 Å². The molecule has 0 fully saturated rings. The van der Waals surface area contributed by atoms with E-state index in [1.54, 1.807) is 43.7 Å². The summed E-state index contributed by atoms with van der Waals surface area (Å²) in [6, 6.07) is 8.56. The predicted molar refractivity (Wildman–Crippen MR) is 74.4 cm³/mol. The van der Waals surface area contributed by atoms with E-state index in [4.69, 9.17) is 10.5 Å². The second-order valence-electron chi connectivity index (χ2n) is 4.03. The Morgan fingerprint density at radius 3 is 2.79 bits per heavy atom. The Morgan fingerprint density at radius 1 is 1.37 bits per heavy atom. The van der Waals surface area contributed by atoms with Gasteiger partial charge in [0.05, 0.1) is 24.7 Å². The Bertz CT molecular complexity index is 584. The standard InChI is InChI=1S/C14H15N3O2/c1-17(11-4-3-7-16-9-11)14(18)10-5-6-12(15)13(8-10)19-2/h3-9H,15H2,1-2H3. The topological polar surface area (TPSA) is 68.5 Å². The van der Waals surface area contributed by atoms with Gasteiger partial charge in [0.2, 0.25) is 0 Å². The van der Waals surface area contributed by atoms with E-state index in [1.165, 1.54) is 12.0 Å². The summed E-state index contributed by atoms with van der Waals surface area (Å²) in [4.78, 5) is 17.8. The summed E-state index contributed by atoms with van der Waals surface area (Å²) in [7, 11) is 3.22. The molecule has 0 aliphatic rings. The normalized spacial score (nSPS) is 10.0. The maximum Gasteiger partial charge on any atom is 0.258 e. The maximum atomic E-state index is 12.3. The molecule has 0 unspecified atom stereocenters. The molecule has 0 aliphatic heterocycles. The fourth-order valence-corrected chi connectivity index (χ4v) is 1.71. The summed E-state index contributed by atoms with van der Waals surface area (Å²) < 4.78 is 5.11. The zero-order valence-corrected chi connectivity index (χ0v) is 10.8. The van der Waals surface area contributed by atoms with E-state index < -0.39 is 0 Å². The van der Waals surface area contributed by atoms with E-state index in [2.05, 4.69) is 4.98 Å². The Kier molecular flexibility index (Phi) is 3.66. The lowest BCUT2D eigenvalue weighted by Gasteiger charge is -2.17. The zero-order chi connectivity index (χ0) is 13.8. The average Bonchev–Trinajstić information content (AvgIpc) is 2.47. The smallest absolute Gasteiger partial charge is 0.258 e. The number of carbonyl (C=O) groups is 1. The van der Waals surface area contributed by atoms with Crippen LogP contribution < -0.4 is 15.4 Å². The molecule has 1 heterocycles. The number of hydrogen-bond acceptors (Lipinski definition) is 4. The Morgan fingerprint density at radius 2 is 2.16 bits per heavy atom. The van der Waals surface area contributed by atoms with Crippen LogP contribution >= 0.6 is 0 Å². The number of amides is 1. The van der Waals surface area contributed by atoms with Gasteiger partial charge in [-0.3, -0.25) is 9.78 Å². The van der Waals surface area contributed by atoms with Crippen LogP contribution in [0.25, 0.3) is 0 Å². The first kappa shape index (κ1) is 12.9. The molecule has 0 spiro atoms. The van der Waals surface area contributed by atoms with E-state index in [0.717, 1.165) is 5.69 Å². The Labute approximate surface area is 111 Å². The molecule has 2 rings (SSSR count). The van der Waals surface area contributed by atoms with Gasteiger partial charge in [-0.05, 0) is 30.3 Å². The third-order valence-electron chi connectivity index (χ3n) is 2.82. The third-order valence-corrected chi connectivity index (χ3v) is 2.82. The number of ether oxygens (including phenoxy) is 1. The van der Waals surface area contributed by atoms with Crippen LogP contribution in [0.3, 0.4) is 0 Å². The number of carbonyl (C=O) groups excluding carboxylic acids is 1. The van der Waals surface area contributed by atoms with Crippen LogP contribution in [-0.2, 0) is 0 Å². The summed E-state index contributed by atoms with van der Waals surface area (Å²) in [6.07, 6.45) is 3.29. The van der Waals surface area contributed by atoms with Crippen molar-refractivity contribution in [2.75, 3.05) is 24.8 Å². The minimum atomic E-state index is -0.147. The molecule has 5 heteroatoms. The average molecular weight is 257 g/mol. The largest absolute Gasteiger partial charge is 0.495 e. The molecule has 1 amide bonds. The number of aromatic nitrogens is 1. The minimum Gasteiger partial charge on any atom is -0.495 e. The van der Waals surface area contributed by atoms with Crippen LogP contribution in [0.2, 0.25) is 0 Å². The molecule has 0 aliphatic carbocycles. The van der Waals surface area contributed by atoms with Crippen LogP contribution in [0.15, 0.2) is 42.7 Å². The van der Waals surface area contributed by atoms with Crippen molar-refractivity contribution in [2.24, 2.45) is 0 Å². The molecule has 2 aromatic rings. The highest BCUT2D eigenvalue weighted by Gasteiger charge is 2.15. The second kappa shape index (κ2) is 5.39. The highest BCUT2D eigenvalue weighted by Crippen LogP contribution is 2.23. The summed E-state index contributed by atoms with van der Waals surface area (Å²) in [5.41, 5.74) is 7.47. The van der Waals surface area contributed by atoms with Crippen LogP contribution in [0.1, 0.15) is 10.4 Å². The summed E-state index contributed by atoms with van der Waals surface area (Å²) in [5.74, 6) is 0.344. The molecular weight excluding hydrogens is 242 g/mol. The molecule has 5 nitrogen and oxygen atoms in total. The number of hydrogen-bond donors (Lipinski definition) is 1. The number of nitrogen functional groups attached to an aromatic ring is 1. The van der Waals surface area contributed by atoms with Crippen molar-refractivity contribution in [3.05, 3.63) is 48.3 Å². The van der Waals surface area contributed by atoms with Gasteiger partial charge in [0.25, 0.3) is 5.91 Å². The van der Waals surface area contributed by atoms with Crippen molar-refractivity contribution < 1.29 is 9.53 Å². The number of benzene rings is 1. The van der Waals surface area contributed by atoms with Gasteiger partial charge in [0.1, 0.15) is 5.75 Å². The second-order valence-corrected chi connectivity index (χ2v) is 4.03. The highest BCUT2D eigenvalue weighted by molar-refractivity contribution is 6.06. The van der Waals surface area contributed by atoms with Gasteiger partial charge in [0, 0.05) is 18.8 Å². The molecule has 0 bridgehead atoms.